The SMILES string of the molecule is O=C(c1ccc(Cl)cc1)N(Cc1ccccc1F)N1C(=O)[C@H]2C[C@@H](Br)[C@@H](Br)C[C@H]2C1=O. The number of hydrogen-bond acceptors (Lipinski definition) is 3. The summed E-state index contributed by atoms with van der Waals surface area (Å²) in [7, 11) is 0. The fourth-order valence-electron chi connectivity index (χ4n) is 4.08. The highest BCUT2D eigenvalue weighted by Crippen LogP contribution is 2.44. The minimum Gasteiger partial charge on any atom is -0.272 e. The molecule has 2 aromatic carbocycles. The molecule has 0 radical (unpaired) electrons. The van der Waals surface area contributed by atoms with Crippen molar-refractivity contribution >= 4 is 61.2 Å². The number of carbonyl (C=O) groups is 3. The number of hydrogen-bond donors (Lipinski definition) is 0. The van der Waals surface area contributed by atoms with Crippen LogP contribution in [0.4, 0.5) is 4.39 Å². The lowest BCUT2D eigenvalue weighted by Crippen LogP contribution is -2.50. The Hall–Kier alpha value is -1.77. The number of amides is 3. The minimum atomic E-state index is -0.578. The van der Waals surface area contributed by atoms with Crippen molar-refractivity contribution < 1.29 is 18.8 Å². The zero-order valence-corrected chi connectivity index (χ0v) is 20.1. The van der Waals surface area contributed by atoms with Crippen LogP contribution in [-0.2, 0) is 16.1 Å². The molecule has 9 heteroatoms. The van der Waals surface area contributed by atoms with Crippen LogP contribution in [0.1, 0.15) is 28.8 Å². The number of imide groups is 1. The van der Waals surface area contributed by atoms with Gasteiger partial charge in [0, 0.05) is 25.8 Å². The second-order valence-electron chi connectivity index (χ2n) is 7.67. The standard InChI is InChI=1S/C22H18Br2ClFN2O3/c23-17-9-15-16(10-18(17)24)22(31)28(21(15)30)27(11-13-3-1-2-4-19(13)26)20(29)12-5-7-14(25)8-6-12/h1-8,15-18H,9-11H2/t15-,16+,17+,18-. The van der Waals surface area contributed by atoms with Crippen molar-refractivity contribution in [3.05, 3.63) is 70.5 Å². The third kappa shape index (κ3) is 4.30. The van der Waals surface area contributed by atoms with Gasteiger partial charge >= 0.3 is 0 Å². The number of alkyl halides is 2. The molecule has 2 aliphatic rings. The molecule has 1 aliphatic heterocycles. The molecule has 0 bridgehead atoms. The Morgan fingerprint density at radius 2 is 1.55 bits per heavy atom. The molecule has 5 nitrogen and oxygen atoms in total. The Kier molecular flexibility index (Phi) is 6.51. The van der Waals surface area contributed by atoms with E-state index in [-0.39, 0.29) is 27.3 Å². The summed E-state index contributed by atoms with van der Waals surface area (Å²) in [6.07, 6.45) is 0.953. The van der Waals surface area contributed by atoms with Crippen LogP contribution in [0.5, 0.6) is 0 Å². The van der Waals surface area contributed by atoms with E-state index < -0.39 is 35.4 Å². The monoisotopic (exact) mass is 570 g/mol. The lowest BCUT2D eigenvalue weighted by molar-refractivity contribution is -0.155. The first kappa shape index (κ1) is 22.4. The Morgan fingerprint density at radius 1 is 1.00 bits per heavy atom. The molecule has 1 heterocycles. The lowest BCUT2D eigenvalue weighted by Gasteiger charge is -2.30. The number of nitrogens with zero attached hydrogens (tertiary/aromatic N) is 2. The zero-order valence-electron chi connectivity index (χ0n) is 16.2. The highest BCUT2D eigenvalue weighted by atomic mass is 79.9. The molecule has 162 valence electrons. The molecule has 1 saturated heterocycles. The first-order chi connectivity index (χ1) is 14.8. The van der Waals surface area contributed by atoms with Gasteiger partial charge in [0.05, 0.1) is 18.4 Å². The maximum Gasteiger partial charge on any atom is 0.273 e. The molecule has 2 aromatic rings. The van der Waals surface area contributed by atoms with E-state index in [9.17, 15) is 18.8 Å². The topological polar surface area (TPSA) is 57.7 Å². The van der Waals surface area contributed by atoms with Crippen molar-refractivity contribution in [1.29, 1.82) is 0 Å². The highest BCUT2D eigenvalue weighted by Gasteiger charge is 2.54. The summed E-state index contributed by atoms with van der Waals surface area (Å²) < 4.78 is 14.4. The Labute approximate surface area is 200 Å². The van der Waals surface area contributed by atoms with Crippen molar-refractivity contribution in [3.63, 3.8) is 0 Å². The van der Waals surface area contributed by atoms with Crippen LogP contribution in [0.15, 0.2) is 48.5 Å². The van der Waals surface area contributed by atoms with Gasteiger partial charge in [0.15, 0.2) is 0 Å². The summed E-state index contributed by atoms with van der Waals surface area (Å²) in [5.74, 6) is -3.01. The van der Waals surface area contributed by atoms with Crippen molar-refractivity contribution in [2.45, 2.75) is 29.0 Å². The van der Waals surface area contributed by atoms with Crippen molar-refractivity contribution in [1.82, 2.24) is 10.0 Å². The Morgan fingerprint density at radius 3 is 2.10 bits per heavy atom. The molecular formula is C22H18Br2ClFN2O3. The summed E-state index contributed by atoms with van der Waals surface area (Å²) in [6.45, 7) is -0.249. The summed E-state index contributed by atoms with van der Waals surface area (Å²) in [6, 6.07) is 12.1. The minimum absolute atomic E-state index is 0.0393. The first-order valence-electron chi connectivity index (χ1n) is 9.74. The van der Waals surface area contributed by atoms with Gasteiger partial charge in [-0.2, -0.15) is 5.01 Å². The van der Waals surface area contributed by atoms with E-state index in [1.165, 1.54) is 30.3 Å². The molecule has 0 unspecified atom stereocenters. The Bertz CT molecular complexity index is 1010. The van der Waals surface area contributed by atoms with E-state index in [1.807, 2.05) is 0 Å². The normalized spacial score (nSPS) is 25.5. The molecule has 4 atom stereocenters. The van der Waals surface area contributed by atoms with Crippen LogP contribution in [0.25, 0.3) is 0 Å². The number of carbonyl (C=O) groups excluding carboxylic acids is 3. The van der Waals surface area contributed by atoms with Crippen LogP contribution in [0.2, 0.25) is 5.02 Å². The predicted octanol–water partition coefficient (Wildman–Crippen LogP) is 4.96. The molecule has 0 spiro atoms. The van der Waals surface area contributed by atoms with Gasteiger partial charge in [-0.25, -0.2) is 9.40 Å². The average Bonchev–Trinajstić information content (AvgIpc) is 2.98. The summed E-state index contributed by atoms with van der Waals surface area (Å²) >= 11 is 13.0. The van der Waals surface area contributed by atoms with E-state index in [0.29, 0.717) is 17.9 Å². The van der Waals surface area contributed by atoms with E-state index in [2.05, 4.69) is 31.9 Å². The second kappa shape index (κ2) is 9.00. The van der Waals surface area contributed by atoms with Gasteiger partial charge < -0.3 is 0 Å². The maximum atomic E-state index is 14.4. The quantitative estimate of drug-likeness (QED) is 0.385. The lowest BCUT2D eigenvalue weighted by atomic mass is 9.81. The molecule has 31 heavy (non-hydrogen) atoms. The zero-order chi connectivity index (χ0) is 22.3. The number of benzene rings is 2. The molecule has 2 fully saturated rings. The van der Waals surface area contributed by atoms with Gasteiger partial charge in [0.1, 0.15) is 5.82 Å². The second-order valence-corrected chi connectivity index (χ2v) is 10.5. The van der Waals surface area contributed by atoms with Gasteiger partial charge in [-0.1, -0.05) is 61.7 Å². The predicted molar refractivity (Wildman–Crippen MR) is 121 cm³/mol. The van der Waals surface area contributed by atoms with Crippen LogP contribution in [0, 0.1) is 17.7 Å². The van der Waals surface area contributed by atoms with Crippen LogP contribution >= 0.6 is 43.5 Å². The van der Waals surface area contributed by atoms with Gasteiger partial charge in [-0.15, -0.1) is 0 Å². The maximum absolute atomic E-state index is 14.4. The fraction of sp³-hybridized carbons (Fsp3) is 0.318. The van der Waals surface area contributed by atoms with E-state index >= 15 is 0 Å². The molecular weight excluding hydrogens is 555 g/mol. The summed E-state index contributed by atoms with van der Waals surface area (Å²) in [5, 5.41) is 2.42. The van der Waals surface area contributed by atoms with E-state index in [0.717, 1.165) is 10.0 Å². The number of rotatable bonds is 4. The van der Waals surface area contributed by atoms with Crippen molar-refractivity contribution in [2.75, 3.05) is 0 Å². The first-order valence-corrected chi connectivity index (χ1v) is 12.0. The highest BCUT2D eigenvalue weighted by molar-refractivity contribution is 9.12. The van der Waals surface area contributed by atoms with Crippen LogP contribution in [-0.4, -0.2) is 37.4 Å². The van der Waals surface area contributed by atoms with Crippen LogP contribution in [0.3, 0.4) is 0 Å². The Balaban J connectivity index is 1.72. The molecule has 1 saturated carbocycles. The number of hydrazine groups is 1. The van der Waals surface area contributed by atoms with Crippen molar-refractivity contribution in [2.24, 2.45) is 11.8 Å². The fourth-order valence-corrected chi connectivity index (χ4v) is 5.44. The number of fused-ring (bicyclic) bond motifs is 1. The average molecular weight is 573 g/mol. The van der Waals surface area contributed by atoms with Gasteiger partial charge in [0.25, 0.3) is 17.7 Å². The third-order valence-corrected chi connectivity index (χ3v) is 8.72. The molecule has 4 rings (SSSR count). The van der Waals surface area contributed by atoms with Crippen LogP contribution < -0.4 is 0 Å². The third-order valence-electron chi connectivity index (χ3n) is 5.73. The molecule has 0 N–H and O–H groups in total. The number of halogens is 4. The summed E-state index contributed by atoms with van der Waals surface area (Å²) in [5.41, 5.74) is 0.449. The molecule has 0 aromatic heterocycles. The van der Waals surface area contributed by atoms with Gasteiger partial charge in [-0.3, -0.25) is 14.4 Å². The van der Waals surface area contributed by atoms with E-state index in [1.54, 1.807) is 18.2 Å². The summed E-state index contributed by atoms with van der Waals surface area (Å²) in [4.78, 5) is 40.0. The smallest absolute Gasteiger partial charge is 0.272 e. The van der Waals surface area contributed by atoms with Crippen molar-refractivity contribution in [3.8, 4) is 0 Å². The molecule has 1 aliphatic carbocycles. The largest absolute Gasteiger partial charge is 0.273 e. The van der Waals surface area contributed by atoms with E-state index in [4.69, 9.17) is 11.6 Å². The molecule has 3 amide bonds. The van der Waals surface area contributed by atoms with Gasteiger partial charge in [0.2, 0.25) is 0 Å². The van der Waals surface area contributed by atoms with Gasteiger partial charge in [-0.05, 0) is 43.2 Å².